The lowest BCUT2D eigenvalue weighted by Gasteiger charge is -2.02. The van der Waals surface area contributed by atoms with Crippen LogP contribution in [-0.2, 0) is 4.74 Å². The number of rotatable bonds is 6. The molecular weight excluding hydrogens is 166 g/mol. The molecule has 0 spiro atoms. The van der Waals surface area contributed by atoms with Gasteiger partial charge in [0, 0.05) is 13.2 Å². The third kappa shape index (κ3) is 5.47. The number of hydrogen-bond donors (Lipinski definition) is 2. The zero-order valence-corrected chi connectivity index (χ0v) is 8.25. The predicted octanol–water partition coefficient (Wildman–Crippen LogP) is 0.337. The highest BCUT2D eigenvalue weighted by Gasteiger charge is 2.20. The van der Waals surface area contributed by atoms with E-state index in [-0.39, 0.29) is 0 Å². The Morgan fingerprint density at radius 3 is 3.00 bits per heavy atom. The Hall–Kier alpha value is -0.770. The lowest BCUT2D eigenvalue weighted by atomic mass is 10.5. The van der Waals surface area contributed by atoms with Crippen molar-refractivity contribution < 1.29 is 4.74 Å². The van der Waals surface area contributed by atoms with Gasteiger partial charge in [0.1, 0.15) is 0 Å². The van der Waals surface area contributed by atoms with E-state index in [1.54, 1.807) is 0 Å². The summed E-state index contributed by atoms with van der Waals surface area (Å²) in [4.78, 5) is 4.09. The van der Waals surface area contributed by atoms with Crippen LogP contribution in [0.4, 0.5) is 0 Å². The summed E-state index contributed by atoms with van der Waals surface area (Å²) in [6.07, 6.45) is 2.67. The Morgan fingerprint density at radius 2 is 2.38 bits per heavy atom. The summed E-state index contributed by atoms with van der Waals surface area (Å²) in [7, 11) is 0. The zero-order chi connectivity index (χ0) is 9.52. The maximum atomic E-state index is 5.52. The molecule has 13 heavy (non-hydrogen) atoms. The first-order chi connectivity index (χ1) is 6.33. The minimum atomic E-state index is 0.512. The van der Waals surface area contributed by atoms with E-state index in [0.29, 0.717) is 19.1 Å². The van der Waals surface area contributed by atoms with Gasteiger partial charge in [0.2, 0.25) is 0 Å². The predicted molar refractivity (Wildman–Crippen MR) is 53.7 cm³/mol. The SMILES string of the molecule is CCNC(N)=NCCOCC1CC1. The number of nitrogens with two attached hydrogens (primary N) is 1. The van der Waals surface area contributed by atoms with Gasteiger partial charge in [-0.05, 0) is 25.7 Å². The highest BCUT2D eigenvalue weighted by Crippen LogP contribution is 2.28. The van der Waals surface area contributed by atoms with Gasteiger partial charge in [-0.2, -0.15) is 0 Å². The van der Waals surface area contributed by atoms with Crippen LogP contribution in [0.1, 0.15) is 19.8 Å². The summed E-state index contributed by atoms with van der Waals surface area (Å²) in [5.41, 5.74) is 5.52. The van der Waals surface area contributed by atoms with Crippen LogP contribution in [0.5, 0.6) is 0 Å². The second-order valence-electron chi connectivity index (χ2n) is 3.32. The van der Waals surface area contributed by atoms with Crippen molar-refractivity contribution in [3.05, 3.63) is 0 Å². The molecule has 1 aliphatic rings. The van der Waals surface area contributed by atoms with Crippen molar-refractivity contribution in [1.29, 1.82) is 0 Å². The highest BCUT2D eigenvalue weighted by atomic mass is 16.5. The molecule has 0 atom stereocenters. The van der Waals surface area contributed by atoms with Crippen molar-refractivity contribution in [3.63, 3.8) is 0 Å². The lowest BCUT2D eigenvalue weighted by molar-refractivity contribution is 0.132. The largest absolute Gasteiger partial charge is 0.379 e. The van der Waals surface area contributed by atoms with Crippen molar-refractivity contribution >= 4 is 5.96 Å². The smallest absolute Gasteiger partial charge is 0.188 e. The molecule has 1 aliphatic carbocycles. The molecule has 0 bridgehead atoms. The van der Waals surface area contributed by atoms with Gasteiger partial charge < -0.3 is 15.8 Å². The summed E-state index contributed by atoms with van der Waals surface area (Å²) < 4.78 is 5.40. The van der Waals surface area contributed by atoms with Gasteiger partial charge >= 0.3 is 0 Å². The molecule has 0 saturated heterocycles. The van der Waals surface area contributed by atoms with E-state index >= 15 is 0 Å². The van der Waals surface area contributed by atoms with Gasteiger partial charge in [0.05, 0.1) is 13.2 Å². The van der Waals surface area contributed by atoms with Crippen molar-refractivity contribution in [2.75, 3.05) is 26.3 Å². The molecule has 4 nitrogen and oxygen atoms in total. The second kappa shape index (κ2) is 5.80. The minimum absolute atomic E-state index is 0.512. The van der Waals surface area contributed by atoms with Crippen molar-refractivity contribution in [1.82, 2.24) is 5.32 Å². The van der Waals surface area contributed by atoms with Crippen LogP contribution < -0.4 is 11.1 Å². The van der Waals surface area contributed by atoms with Crippen LogP contribution in [0.3, 0.4) is 0 Å². The molecule has 0 amide bonds. The third-order valence-electron chi connectivity index (χ3n) is 1.93. The Labute approximate surface area is 79.6 Å². The molecule has 0 heterocycles. The summed E-state index contributed by atoms with van der Waals surface area (Å²) in [5, 5.41) is 2.93. The first kappa shape index (κ1) is 10.3. The maximum Gasteiger partial charge on any atom is 0.188 e. The van der Waals surface area contributed by atoms with Crippen LogP contribution >= 0.6 is 0 Å². The Kier molecular flexibility index (Phi) is 4.60. The van der Waals surface area contributed by atoms with Crippen molar-refractivity contribution in [2.24, 2.45) is 16.6 Å². The Balaban J connectivity index is 1.88. The molecule has 4 heteroatoms. The average molecular weight is 185 g/mol. The van der Waals surface area contributed by atoms with E-state index < -0.39 is 0 Å². The highest BCUT2D eigenvalue weighted by molar-refractivity contribution is 5.77. The molecule has 0 aromatic heterocycles. The molecule has 3 N–H and O–H groups in total. The fourth-order valence-electron chi connectivity index (χ4n) is 1.00. The van der Waals surface area contributed by atoms with Crippen molar-refractivity contribution in [3.8, 4) is 0 Å². The Morgan fingerprint density at radius 1 is 1.62 bits per heavy atom. The van der Waals surface area contributed by atoms with Gasteiger partial charge in [0.25, 0.3) is 0 Å². The number of guanidine groups is 1. The van der Waals surface area contributed by atoms with Crippen LogP contribution in [-0.4, -0.2) is 32.3 Å². The van der Waals surface area contributed by atoms with Crippen LogP contribution in [0, 0.1) is 5.92 Å². The fraction of sp³-hybridized carbons (Fsp3) is 0.889. The molecule has 1 fully saturated rings. The molecule has 0 aliphatic heterocycles. The molecule has 0 radical (unpaired) electrons. The number of nitrogens with zero attached hydrogens (tertiary/aromatic N) is 1. The van der Waals surface area contributed by atoms with E-state index in [4.69, 9.17) is 10.5 Å². The number of nitrogens with one attached hydrogen (secondary N) is 1. The second-order valence-corrected chi connectivity index (χ2v) is 3.32. The van der Waals surface area contributed by atoms with E-state index in [2.05, 4.69) is 10.3 Å². The summed E-state index contributed by atoms with van der Waals surface area (Å²) >= 11 is 0. The number of ether oxygens (including phenoxy) is 1. The summed E-state index contributed by atoms with van der Waals surface area (Å²) in [6.45, 7) is 5.05. The average Bonchev–Trinajstić information content (AvgIpc) is 2.88. The summed E-state index contributed by atoms with van der Waals surface area (Å²) in [5.74, 6) is 1.34. The number of hydrogen-bond acceptors (Lipinski definition) is 2. The summed E-state index contributed by atoms with van der Waals surface area (Å²) in [6, 6.07) is 0. The van der Waals surface area contributed by atoms with Gasteiger partial charge in [-0.25, -0.2) is 0 Å². The van der Waals surface area contributed by atoms with Gasteiger partial charge in [0.15, 0.2) is 5.96 Å². The normalized spacial score (nSPS) is 17.5. The van der Waals surface area contributed by atoms with E-state index in [1.165, 1.54) is 12.8 Å². The quantitative estimate of drug-likeness (QED) is 0.356. The van der Waals surface area contributed by atoms with E-state index in [0.717, 1.165) is 19.1 Å². The molecule has 0 aromatic rings. The molecule has 1 saturated carbocycles. The lowest BCUT2D eigenvalue weighted by Crippen LogP contribution is -2.31. The van der Waals surface area contributed by atoms with Gasteiger partial charge in [-0.1, -0.05) is 0 Å². The first-order valence-electron chi connectivity index (χ1n) is 4.94. The zero-order valence-electron chi connectivity index (χ0n) is 8.25. The number of aliphatic imine (C=N–C) groups is 1. The standard InChI is InChI=1S/C9H19N3O/c1-2-11-9(10)12-5-6-13-7-8-3-4-8/h8H,2-7H2,1H3,(H3,10,11,12). The minimum Gasteiger partial charge on any atom is -0.379 e. The van der Waals surface area contributed by atoms with E-state index in [1.807, 2.05) is 6.92 Å². The molecule has 76 valence electrons. The van der Waals surface area contributed by atoms with Gasteiger partial charge in [-0.15, -0.1) is 0 Å². The topological polar surface area (TPSA) is 59.6 Å². The van der Waals surface area contributed by atoms with E-state index in [9.17, 15) is 0 Å². The van der Waals surface area contributed by atoms with Crippen LogP contribution in [0.25, 0.3) is 0 Å². The first-order valence-corrected chi connectivity index (χ1v) is 4.94. The van der Waals surface area contributed by atoms with Gasteiger partial charge in [-0.3, -0.25) is 4.99 Å². The molecule has 0 aromatic carbocycles. The third-order valence-corrected chi connectivity index (χ3v) is 1.93. The maximum absolute atomic E-state index is 5.52. The van der Waals surface area contributed by atoms with Crippen LogP contribution in [0.2, 0.25) is 0 Å². The van der Waals surface area contributed by atoms with Crippen molar-refractivity contribution in [2.45, 2.75) is 19.8 Å². The molecule has 0 unspecified atom stereocenters. The van der Waals surface area contributed by atoms with Crippen LogP contribution in [0.15, 0.2) is 4.99 Å². The molecule has 1 rings (SSSR count). The molecular formula is C9H19N3O. The monoisotopic (exact) mass is 185 g/mol. The Bertz CT molecular complexity index is 166. The fourth-order valence-corrected chi connectivity index (χ4v) is 1.00.